The molecule has 0 aliphatic carbocycles. The number of hydrogen-bond acceptors (Lipinski definition) is 6. The molecular formula is C28H44N2O2S2Si2. The topological polar surface area (TPSA) is 43.2 Å². The van der Waals surface area contributed by atoms with Gasteiger partial charge in [0.05, 0.1) is 12.4 Å². The van der Waals surface area contributed by atoms with Gasteiger partial charge in [-0.15, -0.1) is 10.3 Å². The molecule has 0 bridgehead atoms. The van der Waals surface area contributed by atoms with Crippen LogP contribution in [0.5, 0.6) is 0 Å². The minimum absolute atomic E-state index is 0.0645. The molecule has 198 valence electrons. The summed E-state index contributed by atoms with van der Waals surface area (Å²) in [7, 11) is 1.23. The highest BCUT2D eigenvalue weighted by molar-refractivity contribution is 8.76. The first kappa shape index (κ1) is 30.7. The van der Waals surface area contributed by atoms with Crippen molar-refractivity contribution < 1.29 is 9.05 Å². The first-order valence-corrected chi connectivity index (χ1v) is 20.4. The largest absolute Gasteiger partial charge is 0.460 e. The van der Waals surface area contributed by atoms with Gasteiger partial charge in [0.15, 0.2) is 0 Å². The summed E-state index contributed by atoms with van der Waals surface area (Å²) in [5.74, 6) is 0.411. The van der Waals surface area contributed by atoms with Crippen LogP contribution >= 0.6 is 21.6 Å². The van der Waals surface area contributed by atoms with E-state index in [1.54, 1.807) is 21.6 Å². The molecule has 2 atom stereocenters. The van der Waals surface area contributed by atoms with Crippen LogP contribution in [0.2, 0.25) is 26.2 Å². The number of oxime groups is 2. The lowest BCUT2D eigenvalue weighted by molar-refractivity contribution is 0.338. The Morgan fingerprint density at radius 3 is 1.17 bits per heavy atom. The van der Waals surface area contributed by atoms with E-state index in [1.807, 2.05) is 12.4 Å². The van der Waals surface area contributed by atoms with Gasteiger partial charge in [0.2, 0.25) is 0 Å². The van der Waals surface area contributed by atoms with E-state index in [2.05, 4.69) is 127 Å². The molecule has 0 saturated heterocycles. The van der Waals surface area contributed by atoms with Gasteiger partial charge in [-0.3, -0.25) is 0 Å². The molecule has 4 nitrogen and oxygen atoms in total. The van der Waals surface area contributed by atoms with Gasteiger partial charge in [-0.25, -0.2) is 0 Å². The highest BCUT2D eigenvalue weighted by Crippen LogP contribution is 2.40. The van der Waals surface area contributed by atoms with E-state index < -0.39 is 18.1 Å². The molecule has 0 spiro atoms. The zero-order valence-corrected chi connectivity index (χ0v) is 27.6. The van der Waals surface area contributed by atoms with Crippen molar-refractivity contribution in [1.29, 1.82) is 0 Å². The highest BCUT2D eigenvalue weighted by atomic mass is 33.1. The lowest BCUT2D eigenvalue weighted by Gasteiger charge is -2.28. The van der Waals surface area contributed by atoms with Crippen molar-refractivity contribution in [2.45, 2.75) is 89.4 Å². The van der Waals surface area contributed by atoms with Crippen molar-refractivity contribution in [2.24, 2.45) is 21.1 Å². The molecule has 0 radical (unpaired) electrons. The van der Waals surface area contributed by atoms with Crippen molar-refractivity contribution in [2.75, 3.05) is 0 Å². The Bertz CT molecular complexity index is 899. The first-order valence-electron chi connectivity index (χ1n) is 12.7. The molecule has 2 aromatic rings. The summed E-state index contributed by atoms with van der Waals surface area (Å²) in [5.41, 5.74) is 2.65. The lowest BCUT2D eigenvalue weighted by atomic mass is 9.77. The van der Waals surface area contributed by atoms with Gasteiger partial charge in [0, 0.05) is 21.6 Å². The Morgan fingerprint density at radius 1 is 0.611 bits per heavy atom. The minimum atomic E-state index is -1.17. The third kappa shape index (κ3) is 10.5. The van der Waals surface area contributed by atoms with E-state index in [-0.39, 0.29) is 22.7 Å². The van der Waals surface area contributed by atoms with E-state index in [1.165, 1.54) is 20.9 Å². The van der Waals surface area contributed by atoms with Crippen LogP contribution in [0.4, 0.5) is 0 Å². The molecule has 36 heavy (non-hydrogen) atoms. The second kappa shape index (κ2) is 13.9. The van der Waals surface area contributed by atoms with Crippen LogP contribution in [0.1, 0.15) is 64.5 Å². The average Bonchev–Trinajstić information content (AvgIpc) is 2.77. The van der Waals surface area contributed by atoms with Gasteiger partial charge in [-0.2, -0.15) is 0 Å². The van der Waals surface area contributed by atoms with Crippen molar-refractivity contribution in [3.8, 4) is 0 Å². The summed E-state index contributed by atoms with van der Waals surface area (Å²) >= 11 is 0. The Balaban J connectivity index is 2.06. The molecular weight excluding hydrogens is 517 g/mol. The van der Waals surface area contributed by atoms with E-state index >= 15 is 0 Å². The van der Waals surface area contributed by atoms with Crippen LogP contribution in [-0.2, 0) is 9.05 Å². The number of benzene rings is 2. The molecule has 2 rings (SSSR count). The second-order valence-electron chi connectivity index (χ2n) is 11.8. The Labute approximate surface area is 230 Å². The summed E-state index contributed by atoms with van der Waals surface area (Å²) in [6.45, 7) is 22.0. The maximum absolute atomic E-state index is 5.56. The monoisotopic (exact) mass is 560 g/mol. The maximum Gasteiger partial charge on any atom is 0.266 e. The van der Waals surface area contributed by atoms with Crippen LogP contribution in [0.3, 0.4) is 0 Å². The van der Waals surface area contributed by atoms with Gasteiger partial charge in [0.25, 0.3) is 18.1 Å². The van der Waals surface area contributed by atoms with Gasteiger partial charge >= 0.3 is 0 Å². The van der Waals surface area contributed by atoms with Crippen molar-refractivity contribution in [3.05, 3.63) is 59.7 Å². The van der Waals surface area contributed by atoms with Crippen LogP contribution in [0, 0.1) is 10.8 Å². The normalized spacial score (nSPS) is 14.7. The van der Waals surface area contributed by atoms with Gasteiger partial charge in [-0.05, 0) is 72.4 Å². The summed E-state index contributed by atoms with van der Waals surface area (Å²) in [4.78, 5) is 2.47. The maximum atomic E-state index is 5.56. The van der Waals surface area contributed by atoms with Crippen LogP contribution in [-0.4, -0.2) is 30.5 Å². The van der Waals surface area contributed by atoms with Crippen LogP contribution in [0.15, 0.2) is 68.6 Å². The number of nitrogens with zero attached hydrogens (tertiary/aromatic N) is 2. The molecule has 0 fully saturated rings. The van der Waals surface area contributed by atoms with E-state index in [9.17, 15) is 0 Å². The predicted octanol–water partition coefficient (Wildman–Crippen LogP) is 8.72. The highest BCUT2D eigenvalue weighted by Gasteiger charge is 2.26. The average molecular weight is 561 g/mol. The summed E-state index contributed by atoms with van der Waals surface area (Å²) in [6, 6.07) is 17.7. The molecule has 0 aliphatic rings. The molecule has 2 aromatic carbocycles. The first-order chi connectivity index (χ1) is 16.8. The molecule has 0 aromatic heterocycles. The van der Waals surface area contributed by atoms with Crippen LogP contribution in [0.25, 0.3) is 0 Å². The molecule has 0 aliphatic heterocycles. The van der Waals surface area contributed by atoms with Crippen molar-refractivity contribution in [3.63, 3.8) is 0 Å². The smallest absolute Gasteiger partial charge is 0.266 e. The van der Waals surface area contributed by atoms with E-state index in [0.29, 0.717) is 0 Å². The third-order valence-corrected chi connectivity index (χ3v) is 9.05. The van der Waals surface area contributed by atoms with Gasteiger partial charge in [0.1, 0.15) is 0 Å². The quantitative estimate of drug-likeness (QED) is 0.119. The zero-order valence-electron chi connectivity index (χ0n) is 23.6. The van der Waals surface area contributed by atoms with Crippen molar-refractivity contribution in [1.82, 2.24) is 0 Å². The number of rotatable bonds is 11. The minimum Gasteiger partial charge on any atom is -0.460 e. The Morgan fingerprint density at radius 2 is 0.917 bits per heavy atom. The molecule has 0 N–H and O–H groups in total. The molecule has 0 saturated carbocycles. The number of hydrogen-bond donors (Lipinski definition) is 0. The fourth-order valence-electron chi connectivity index (χ4n) is 3.61. The Hall–Kier alpha value is -1.49. The molecule has 0 heterocycles. The molecule has 8 heteroatoms. The third-order valence-electron chi connectivity index (χ3n) is 5.54. The van der Waals surface area contributed by atoms with E-state index in [4.69, 9.17) is 9.05 Å². The SMILES string of the molecule is C[SiH](C)ON=CC(c1ccc(SSc2ccc(C(C=NO[SiH](C)C)C(C)(C)C)cc2)cc1)C(C)(C)C. The molecule has 0 amide bonds. The van der Waals surface area contributed by atoms with Gasteiger partial charge < -0.3 is 9.05 Å². The Kier molecular flexibility index (Phi) is 11.9. The van der Waals surface area contributed by atoms with Gasteiger partial charge in [-0.1, -0.05) is 87.4 Å². The predicted molar refractivity (Wildman–Crippen MR) is 166 cm³/mol. The van der Waals surface area contributed by atoms with Crippen molar-refractivity contribution >= 4 is 52.1 Å². The van der Waals surface area contributed by atoms with Crippen LogP contribution < -0.4 is 0 Å². The fraction of sp³-hybridized carbons (Fsp3) is 0.500. The second-order valence-corrected chi connectivity index (χ2v) is 18.7. The summed E-state index contributed by atoms with van der Waals surface area (Å²) < 4.78 is 11.1. The zero-order chi connectivity index (χ0) is 26.9. The fourth-order valence-corrected chi connectivity index (χ4v) is 6.17. The standard InChI is InChI=1S/C28H44N2O2S2Si2/c1-27(2,3)25(19-29-31-35(7)8)21-11-15-23(16-12-21)33-34-24-17-13-22(14-18-24)26(28(4,5)6)20-30-32-36(9)10/h11-20,25-26,35-36H,1-10H3. The van der Waals surface area contributed by atoms with E-state index in [0.717, 1.165) is 0 Å². The lowest BCUT2D eigenvalue weighted by Crippen LogP contribution is -2.20. The summed E-state index contributed by atoms with van der Waals surface area (Å²) in [5, 5.41) is 8.57. The summed E-state index contributed by atoms with van der Waals surface area (Å²) in [6.07, 6.45) is 3.94. The molecule has 2 unspecified atom stereocenters.